The van der Waals surface area contributed by atoms with Gasteiger partial charge in [-0.1, -0.05) is 26.2 Å². The zero-order chi connectivity index (χ0) is 20.6. The number of non-ortho nitro benzene ring substituents is 1. The molecule has 1 aliphatic rings. The Kier molecular flexibility index (Phi) is 7.10. The van der Waals surface area contributed by atoms with Gasteiger partial charge in [-0.2, -0.15) is 0 Å². The van der Waals surface area contributed by atoms with Gasteiger partial charge in [0, 0.05) is 48.5 Å². The number of nitro benzene ring substituents is 1. The van der Waals surface area contributed by atoms with Crippen LogP contribution in [-0.2, 0) is 11.2 Å². The van der Waals surface area contributed by atoms with Gasteiger partial charge in [0.1, 0.15) is 5.82 Å². The molecule has 8 nitrogen and oxygen atoms in total. The van der Waals surface area contributed by atoms with Crippen LogP contribution in [0.5, 0.6) is 0 Å². The van der Waals surface area contributed by atoms with Crippen molar-refractivity contribution in [3.63, 3.8) is 0 Å². The Bertz CT molecular complexity index is 848. The predicted molar refractivity (Wildman–Crippen MR) is 112 cm³/mol. The predicted octanol–water partition coefficient (Wildman–Crippen LogP) is 3.87. The Labute approximate surface area is 170 Å². The summed E-state index contributed by atoms with van der Waals surface area (Å²) < 4.78 is 0. The summed E-state index contributed by atoms with van der Waals surface area (Å²) in [6.07, 6.45) is 6.91. The summed E-state index contributed by atoms with van der Waals surface area (Å²) in [7, 11) is 0. The molecule has 0 radical (unpaired) electrons. The first-order chi connectivity index (χ1) is 14.0. The van der Waals surface area contributed by atoms with Gasteiger partial charge in [0.2, 0.25) is 5.91 Å². The Balaban J connectivity index is 1.61. The number of nitro groups is 1. The summed E-state index contributed by atoms with van der Waals surface area (Å²) in [5.74, 6) is 1.22. The molecule has 2 aromatic rings. The van der Waals surface area contributed by atoms with Gasteiger partial charge in [0.05, 0.1) is 4.92 Å². The molecule has 8 heteroatoms. The largest absolute Gasteiger partial charge is 0.369 e. The maximum Gasteiger partial charge on any atom is 0.269 e. The number of hydrogen-bond acceptors (Lipinski definition) is 6. The molecule has 0 unspecified atom stereocenters. The van der Waals surface area contributed by atoms with Crippen molar-refractivity contribution in [1.29, 1.82) is 0 Å². The lowest BCUT2D eigenvalue weighted by Gasteiger charge is -2.22. The highest BCUT2D eigenvalue weighted by Crippen LogP contribution is 2.22. The minimum atomic E-state index is -0.432. The quantitative estimate of drug-likeness (QED) is 0.517. The van der Waals surface area contributed by atoms with Gasteiger partial charge >= 0.3 is 0 Å². The monoisotopic (exact) mass is 397 g/mol. The lowest BCUT2D eigenvalue weighted by atomic mass is 9.95. The molecule has 1 aromatic carbocycles. The van der Waals surface area contributed by atoms with Crippen LogP contribution in [0.1, 0.15) is 51.1 Å². The van der Waals surface area contributed by atoms with Crippen molar-refractivity contribution >= 4 is 17.4 Å². The number of nitrogens with zero attached hydrogens (tertiary/aromatic N) is 3. The van der Waals surface area contributed by atoms with Crippen LogP contribution in [0.2, 0.25) is 0 Å². The molecule has 1 aliphatic carbocycles. The Morgan fingerprint density at radius 2 is 1.90 bits per heavy atom. The van der Waals surface area contributed by atoms with Gasteiger partial charge in [0.15, 0.2) is 5.82 Å². The lowest BCUT2D eigenvalue weighted by molar-refractivity contribution is -0.384. The molecule has 1 aromatic heterocycles. The number of nitrogens with one attached hydrogen (secondary N) is 2. The summed E-state index contributed by atoms with van der Waals surface area (Å²) in [5.41, 5.74) is 1.61. The molecule has 2 N–H and O–H groups in total. The summed E-state index contributed by atoms with van der Waals surface area (Å²) in [4.78, 5) is 31.6. The zero-order valence-electron chi connectivity index (χ0n) is 16.7. The maximum atomic E-state index is 12.2. The Morgan fingerprint density at radius 3 is 2.55 bits per heavy atom. The summed E-state index contributed by atoms with van der Waals surface area (Å²) in [6.45, 7) is 2.49. The number of aryl methyl sites for hydroxylation is 1. The smallest absolute Gasteiger partial charge is 0.269 e. The topological polar surface area (TPSA) is 110 Å². The number of aromatic nitrogens is 2. The average molecular weight is 397 g/mol. The van der Waals surface area contributed by atoms with Crippen LogP contribution < -0.4 is 10.6 Å². The number of benzene rings is 1. The number of hydrogen-bond donors (Lipinski definition) is 2. The van der Waals surface area contributed by atoms with Crippen molar-refractivity contribution in [3.8, 4) is 11.4 Å². The number of rotatable bonds is 8. The Morgan fingerprint density at radius 1 is 1.17 bits per heavy atom. The van der Waals surface area contributed by atoms with E-state index in [0.29, 0.717) is 36.2 Å². The fourth-order valence-electron chi connectivity index (χ4n) is 3.48. The van der Waals surface area contributed by atoms with Crippen molar-refractivity contribution in [1.82, 2.24) is 15.3 Å². The van der Waals surface area contributed by atoms with Crippen molar-refractivity contribution in [2.24, 2.45) is 0 Å². The van der Waals surface area contributed by atoms with E-state index in [9.17, 15) is 14.9 Å². The first-order valence-corrected chi connectivity index (χ1v) is 10.2. The minimum absolute atomic E-state index is 0.0303. The van der Waals surface area contributed by atoms with Crippen molar-refractivity contribution in [3.05, 3.63) is 46.1 Å². The highest BCUT2D eigenvalue weighted by molar-refractivity contribution is 5.76. The molecule has 0 saturated heterocycles. The van der Waals surface area contributed by atoms with Gasteiger partial charge in [-0.15, -0.1) is 0 Å². The summed E-state index contributed by atoms with van der Waals surface area (Å²) >= 11 is 0. The van der Waals surface area contributed by atoms with Gasteiger partial charge in [-0.05, 0) is 31.4 Å². The third kappa shape index (κ3) is 5.97. The summed E-state index contributed by atoms with van der Waals surface area (Å²) in [5, 5.41) is 17.2. The normalized spacial score (nSPS) is 14.4. The SMILES string of the molecule is CCc1cc(NCCC(=O)NC2CCCCC2)nc(-c2ccc([N+](=O)[O-])cc2)n1. The second-order valence-electron chi connectivity index (χ2n) is 7.30. The molecule has 29 heavy (non-hydrogen) atoms. The molecule has 1 saturated carbocycles. The van der Waals surface area contributed by atoms with E-state index in [1.165, 1.54) is 31.4 Å². The highest BCUT2D eigenvalue weighted by atomic mass is 16.6. The minimum Gasteiger partial charge on any atom is -0.369 e. The first kappa shape index (κ1) is 20.7. The van der Waals surface area contributed by atoms with Gasteiger partial charge in [0.25, 0.3) is 5.69 Å². The zero-order valence-corrected chi connectivity index (χ0v) is 16.7. The fourth-order valence-corrected chi connectivity index (χ4v) is 3.48. The summed E-state index contributed by atoms with van der Waals surface area (Å²) in [6, 6.07) is 8.37. The van der Waals surface area contributed by atoms with E-state index in [1.807, 2.05) is 13.0 Å². The molecule has 1 amide bonds. The van der Waals surface area contributed by atoms with Crippen molar-refractivity contribution in [2.45, 2.75) is 57.9 Å². The van der Waals surface area contributed by atoms with Crippen LogP contribution in [0.4, 0.5) is 11.5 Å². The molecular weight excluding hydrogens is 370 g/mol. The van der Waals surface area contributed by atoms with Crippen LogP contribution in [0.25, 0.3) is 11.4 Å². The van der Waals surface area contributed by atoms with E-state index in [1.54, 1.807) is 12.1 Å². The van der Waals surface area contributed by atoms with Crippen LogP contribution in [0, 0.1) is 10.1 Å². The molecule has 1 fully saturated rings. The average Bonchev–Trinajstić information content (AvgIpc) is 2.74. The molecule has 0 atom stereocenters. The molecule has 1 heterocycles. The maximum absolute atomic E-state index is 12.2. The fraction of sp³-hybridized carbons (Fsp3) is 0.476. The van der Waals surface area contributed by atoms with Gasteiger partial charge in [-0.25, -0.2) is 9.97 Å². The number of carbonyl (C=O) groups excluding carboxylic acids is 1. The standard InChI is InChI=1S/C21H27N5O3/c1-2-16-14-19(22-13-12-20(27)23-17-6-4-3-5-7-17)25-21(24-16)15-8-10-18(11-9-15)26(28)29/h8-11,14,17H,2-7,12-13H2,1H3,(H,23,27)(H,22,24,25). The molecule has 0 spiro atoms. The van der Waals surface area contributed by atoms with E-state index >= 15 is 0 Å². The van der Waals surface area contributed by atoms with Crippen LogP contribution in [0.3, 0.4) is 0 Å². The molecule has 3 rings (SSSR count). The van der Waals surface area contributed by atoms with Crippen molar-refractivity contribution in [2.75, 3.05) is 11.9 Å². The second-order valence-corrected chi connectivity index (χ2v) is 7.30. The Hall–Kier alpha value is -3.03. The van der Waals surface area contributed by atoms with E-state index in [0.717, 1.165) is 25.0 Å². The molecular formula is C21H27N5O3. The van der Waals surface area contributed by atoms with E-state index in [2.05, 4.69) is 20.6 Å². The second kappa shape index (κ2) is 9.95. The highest BCUT2D eigenvalue weighted by Gasteiger charge is 2.15. The van der Waals surface area contributed by atoms with E-state index in [-0.39, 0.29) is 11.6 Å². The number of amides is 1. The van der Waals surface area contributed by atoms with E-state index < -0.39 is 4.92 Å². The number of carbonyl (C=O) groups is 1. The van der Waals surface area contributed by atoms with Crippen LogP contribution >= 0.6 is 0 Å². The van der Waals surface area contributed by atoms with E-state index in [4.69, 9.17) is 0 Å². The molecule has 154 valence electrons. The van der Waals surface area contributed by atoms with Crippen LogP contribution in [-0.4, -0.2) is 33.4 Å². The third-order valence-electron chi connectivity index (χ3n) is 5.11. The van der Waals surface area contributed by atoms with Crippen LogP contribution in [0.15, 0.2) is 30.3 Å². The number of anilines is 1. The van der Waals surface area contributed by atoms with Crippen molar-refractivity contribution < 1.29 is 9.72 Å². The molecule has 0 bridgehead atoms. The molecule has 0 aliphatic heterocycles. The first-order valence-electron chi connectivity index (χ1n) is 10.2. The van der Waals surface area contributed by atoms with Gasteiger partial charge in [-0.3, -0.25) is 14.9 Å². The third-order valence-corrected chi connectivity index (χ3v) is 5.11. The lowest BCUT2D eigenvalue weighted by Crippen LogP contribution is -2.36. The van der Waals surface area contributed by atoms with Gasteiger partial charge < -0.3 is 10.6 Å².